The van der Waals surface area contributed by atoms with E-state index in [1.165, 1.54) is 24.3 Å². The van der Waals surface area contributed by atoms with Crippen LogP contribution in [-0.4, -0.2) is 24.6 Å². The zero-order valence-corrected chi connectivity index (χ0v) is 18.1. The van der Waals surface area contributed by atoms with Crippen molar-refractivity contribution in [2.24, 2.45) is 0 Å². The average Bonchev–Trinajstić information content (AvgIpc) is 2.75. The van der Waals surface area contributed by atoms with Gasteiger partial charge in [-0.3, -0.25) is 9.59 Å². The first-order valence-electron chi connectivity index (χ1n) is 9.37. The van der Waals surface area contributed by atoms with E-state index in [-0.39, 0.29) is 24.2 Å². The molecule has 0 radical (unpaired) electrons. The van der Waals surface area contributed by atoms with Crippen LogP contribution < -0.4 is 15.4 Å². The number of benzene rings is 3. The van der Waals surface area contributed by atoms with E-state index in [0.29, 0.717) is 22.5 Å². The summed E-state index contributed by atoms with van der Waals surface area (Å²) in [5, 5.41) is 5.57. The first-order valence-corrected chi connectivity index (χ1v) is 10.2. The van der Waals surface area contributed by atoms with Crippen molar-refractivity contribution in [3.63, 3.8) is 0 Å². The van der Waals surface area contributed by atoms with Crippen LogP contribution in [0.5, 0.6) is 5.75 Å². The molecule has 7 nitrogen and oxygen atoms in total. The third-order valence-electron chi connectivity index (χ3n) is 4.06. The number of rotatable bonds is 6. The van der Waals surface area contributed by atoms with E-state index < -0.39 is 6.16 Å². The van der Waals surface area contributed by atoms with Gasteiger partial charge in [-0.2, -0.15) is 0 Å². The number of amides is 2. The Balaban J connectivity index is 1.62. The van der Waals surface area contributed by atoms with Gasteiger partial charge < -0.3 is 20.1 Å². The maximum absolute atomic E-state index is 12.5. The maximum Gasteiger partial charge on any atom is 0.513 e. The number of nitrogens with one attached hydrogen (secondary N) is 2. The van der Waals surface area contributed by atoms with Crippen LogP contribution in [0.15, 0.2) is 77.3 Å². The minimum Gasteiger partial charge on any atom is -0.434 e. The molecule has 31 heavy (non-hydrogen) atoms. The fraction of sp³-hybridized carbons (Fsp3) is 0.0870. The van der Waals surface area contributed by atoms with Crippen LogP contribution in [0.1, 0.15) is 27.6 Å². The lowest BCUT2D eigenvalue weighted by Crippen LogP contribution is -2.14. The van der Waals surface area contributed by atoms with Gasteiger partial charge in [0, 0.05) is 27.0 Å². The van der Waals surface area contributed by atoms with Gasteiger partial charge in [-0.25, -0.2) is 4.79 Å². The van der Waals surface area contributed by atoms with Gasteiger partial charge >= 0.3 is 6.16 Å². The van der Waals surface area contributed by atoms with Crippen molar-refractivity contribution >= 4 is 45.3 Å². The van der Waals surface area contributed by atoms with Crippen LogP contribution in [0.4, 0.5) is 16.2 Å². The number of ether oxygens (including phenoxy) is 2. The fourth-order valence-corrected chi connectivity index (χ4v) is 2.86. The van der Waals surface area contributed by atoms with Crippen molar-refractivity contribution in [2.45, 2.75) is 6.92 Å². The molecule has 2 N–H and O–H groups in total. The summed E-state index contributed by atoms with van der Waals surface area (Å²) in [6.07, 6.45) is -0.804. The number of anilines is 2. The predicted octanol–water partition coefficient (Wildman–Crippen LogP) is 5.49. The standard InChI is InChI=1S/C23H19BrN2O5/c1-2-30-23(29)31-20-12-8-16(9-13-20)22(28)26-19-5-3-4-18(14-19)25-21(27)15-6-10-17(24)11-7-15/h3-14H,2H2,1H3,(H,25,27)(H,26,28). The summed E-state index contributed by atoms with van der Waals surface area (Å²) in [6.45, 7) is 1.89. The lowest BCUT2D eigenvalue weighted by Gasteiger charge is -2.10. The Bertz CT molecular complexity index is 1080. The Morgan fingerprint density at radius 1 is 0.806 bits per heavy atom. The van der Waals surface area contributed by atoms with Gasteiger partial charge in [-0.15, -0.1) is 0 Å². The monoisotopic (exact) mass is 482 g/mol. The topological polar surface area (TPSA) is 93.7 Å². The summed E-state index contributed by atoms with van der Waals surface area (Å²) < 4.78 is 10.6. The number of hydrogen-bond acceptors (Lipinski definition) is 5. The Morgan fingerprint density at radius 3 is 1.84 bits per heavy atom. The fourth-order valence-electron chi connectivity index (χ4n) is 2.60. The van der Waals surface area contributed by atoms with Gasteiger partial charge in [0.2, 0.25) is 0 Å². The van der Waals surface area contributed by atoms with Gasteiger partial charge in [0.05, 0.1) is 6.61 Å². The zero-order valence-electron chi connectivity index (χ0n) is 16.6. The highest BCUT2D eigenvalue weighted by atomic mass is 79.9. The molecule has 0 aliphatic heterocycles. The second-order valence-corrected chi connectivity index (χ2v) is 7.22. The molecule has 0 unspecified atom stereocenters. The first-order chi connectivity index (χ1) is 14.9. The van der Waals surface area contributed by atoms with Crippen molar-refractivity contribution in [1.82, 2.24) is 0 Å². The van der Waals surface area contributed by atoms with E-state index in [1.807, 2.05) is 0 Å². The van der Waals surface area contributed by atoms with Crippen molar-refractivity contribution in [3.05, 3.63) is 88.4 Å². The Kier molecular flexibility index (Phi) is 7.40. The maximum atomic E-state index is 12.5. The van der Waals surface area contributed by atoms with Crippen LogP contribution in [0.2, 0.25) is 0 Å². The highest BCUT2D eigenvalue weighted by Crippen LogP contribution is 2.19. The van der Waals surface area contributed by atoms with Crippen LogP contribution >= 0.6 is 15.9 Å². The number of carbonyl (C=O) groups excluding carboxylic acids is 3. The van der Waals surface area contributed by atoms with Crippen LogP contribution in [0.3, 0.4) is 0 Å². The molecule has 0 atom stereocenters. The summed E-state index contributed by atoms with van der Waals surface area (Å²) in [6, 6.07) is 19.9. The molecule has 3 aromatic carbocycles. The van der Waals surface area contributed by atoms with Crippen molar-refractivity contribution < 1.29 is 23.9 Å². The van der Waals surface area contributed by atoms with Gasteiger partial charge in [0.15, 0.2) is 0 Å². The molecule has 0 saturated heterocycles. The Morgan fingerprint density at radius 2 is 1.32 bits per heavy atom. The highest BCUT2D eigenvalue weighted by molar-refractivity contribution is 9.10. The largest absolute Gasteiger partial charge is 0.513 e. The lowest BCUT2D eigenvalue weighted by atomic mass is 10.2. The highest BCUT2D eigenvalue weighted by Gasteiger charge is 2.10. The summed E-state index contributed by atoms with van der Waals surface area (Å²) in [7, 11) is 0. The quantitative estimate of drug-likeness (QED) is 0.357. The minimum absolute atomic E-state index is 0.210. The van der Waals surface area contributed by atoms with Gasteiger partial charge in [0.25, 0.3) is 11.8 Å². The summed E-state index contributed by atoms with van der Waals surface area (Å²) in [5.74, 6) is -0.333. The second-order valence-electron chi connectivity index (χ2n) is 6.31. The second kappa shape index (κ2) is 10.4. The molecule has 0 saturated carbocycles. The summed E-state index contributed by atoms with van der Waals surface area (Å²) in [5.41, 5.74) is 1.96. The van der Waals surface area contributed by atoms with E-state index in [4.69, 9.17) is 9.47 Å². The van der Waals surface area contributed by atoms with Crippen LogP contribution in [0.25, 0.3) is 0 Å². The molecule has 0 spiro atoms. The van der Waals surface area contributed by atoms with Crippen LogP contribution in [-0.2, 0) is 4.74 Å². The van der Waals surface area contributed by atoms with E-state index in [0.717, 1.165) is 4.47 Å². The SMILES string of the molecule is CCOC(=O)Oc1ccc(C(=O)Nc2cccc(NC(=O)c3ccc(Br)cc3)c2)cc1. The normalized spacial score (nSPS) is 10.1. The Hall–Kier alpha value is -3.65. The molecule has 0 bridgehead atoms. The molecule has 0 aliphatic rings. The van der Waals surface area contributed by atoms with Crippen LogP contribution in [0, 0.1) is 0 Å². The summed E-state index contributed by atoms with van der Waals surface area (Å²) in [4.78, 5) is 36.2. The van der Waals surface area contributed by atoms with Crippen molar-refractivity contribution in [1.29, 1.82) is 0 Å². The van der Waals surface area contributed by atoms with Crippen molar-refractivity contribution in [2.75, 3.05) is 17.2 Å². The number of hydrogen-bond donors (Lipinski definition) is 2. The lowest BCUT2D eigenvalue weighted by molar-refractivity contribution is 0.101. The van der Waals surface area contributed by atoms with Gasteiger partial charge in [-0.1, -0.05) is 22.0 Å². The molecular weight excluding hydrogens is 464 g/mol. The molecule has 158 valence electrons. The molecule has 8 heteroatoms. The Labute approximate surface area is 187 Å². The number of halogens is 1. The van der Waals surface area contributed by atoms with E-state index in [1.54, 1.807) is 55.5 Å². The molecule has 0 fully saturated rings. The predicted molar refractivity (Wildman–Crippen MR) is 121 cm³/mol. The molecule has 0 aliphatic carbocycles. The molecule has 3 aromatic rings. The minimum atomic E-state index is -0.804. The van der Waals surface area contributed by atoms with E-state index >= 15 is 0 Å². The first kappa shape index (κ1) is 22.0. The third-order valence-corrected chi connectivity index (χ3v) is 4.59. The van der Waals surface area contributed by atoms with E-state index in [9.17, 15) is 14.4 Å². The average molecular weight is 483 g/mol. The van der Waals surface area contributed by atoms with Crippen molar-refractivity contribution in [3.8, 4) is 5.75 Å². The zero-order chi connectivity index (χ0) is 22.2. The molecular formula is C23H19BrN2O5. The molecule has 3 rings (SSSR count). The molecule has 2 amide bonds. The smallest absolute Gasteiger partial charge is 0.434 e. The van der Waals surface area contributed by atoms with Gasteiger partial charge in [-0.05, 0) is 73.7 Å². The molecule has 0 aromatic heterocycles. The van der Waals surface area contributed by atoms with Gasteiger partial charge in [0.1, 0.15) is 5.75 Å². The summed E-state index contributed by atoms with van der Waals surface area (Å²) >= 11 is 3.33. The van der Waals surface area contributed by atoms with E-state index in [2.05, 4.69) is 26.6 Å². The molecule has 0 heterocycles. The third kappa shape index (κ3) is 6.42. The number of carbonyl (C=O) groups is 3.